The van der Waals surface area contributed by atoms with E-state index in [4.69, 9.17) is 9.97 Å². The number of nitrogens with zero attached hydrogens (tertiary/aromatic N) is 4. The zero-order valence-corrected chi connectivity index (χ0v) is 18.4. The van der Waals surface area contributed by atoms with Gasteiger partial charge in [0, 0.05) is 32.3 Å². The van der Waals surface area contributed by atoms with Gasteiger partial charge in [-0.15, -0.1) is 0 Å². The van der Waals surface area contributed by atoms with Crippen molar-refractivity contribution in [2.45, 2.75) is 13.8 Å². The highest BCUT2D eigenvalue weighted by atomic mass is 16.1. The quantitative estimate of drug-likeness (QED) is 0.313. The first-order valence-corrected chi connectivity index (χ1v) is 11.2. The van der Waals surface area contributed by atoms with Crippen LogP contribution in [0.1, 0.15) is 11.1 Å². The highest BCUT2D eigenvalue weighted by Crippen LogP contribution is 2.36. The molecule has 4 aromatic heterocycles. The smallest absolute Gasteiger partial charge is 0.264 e. The summed E-state index contributed by atoms with van der Waals surface area (Å²) in [6.45, 7) is 4.01. The van der Waals surface area contributed by atoms with E-state index in [1.54, 1.807) is 8.80 Å². The highest BCUT2D eigenvalue weighted by molar-refractivity contribution is 6.27. The van der Waals surface area contributed by atoms with E-state index in [2.05, 4.69) is 0 Å². The summed E-state index contributed by atoms with van der Waals surface area (Å²) >= 11 is 0. The Hall–Kier alpha value is -4.58. The maximum atomic E-state index is 13.7. The topological polar surface area (TPSA) is 68.7 Å². The van der Waals surface area contributed by atoms with Gasteiger partial charge < -0.3 is 0 Å². The predicted molar refractivity (Wildman–Crippen MR) is 136 cm³/mol. The van der Waals surface area contributed by atoms with E-state index in [-0.39, 0.29) is 11.1 Å². The van der Waals surface area contributed by atoms with Crippen LogP contribution in [0.4, 0.5) is 0 Å². The lowest BCUT2D eigenvalue weighted by Gasteiger charge is -2.12. The Morgan fingerprint density at radius 2 is 0.971 bits per heavy atom. The molecule has 8 aromatic rings. The highest BCUT2D eigenvalue weighted by Gasteiger charge is 2.22. The van der Waals surface area contributed by atoms with Crippen LogP contribution in [0.2, 0.25) is 0 Å². The fourth-order valence-electron chi connectivity index (χ4n) is 5.61. The van der Waals surface area contributed by atoms with Gasteiger partial charge in [0.05, 0.1) is 22.1 Å². The average Bonchev–Trinajstić information content (AvgIpc) is 3.40. The molecule has 0 fully saturated rings. The monoisotopic (exact) mass is 440 g/mol. The molecule has 0 bridgehead atoms. The molecule has 160 valence electrons. The van der Waals surface area contributed by atoms with Gasteiger partial charge in [-0.1, -0.05) is 12.1 Å². The average molecular weight is 440 g/mol. The fraction of sp³-hybridized carbons (Fsp3) is 0.0714. The molecule has 0 aliphatic heterocycles. The molecule has 0 N–H and O–H groups in total. The van der Waals surface area contributed by atoms with Crippen LogP contribution in [-0.2, 0) is 0 Å². The minimum atomic E-state index is -0.124. The van der Waals surface area contributed by atoms with Crippen molar-refractivity contribution in [3.8, 4) is 0 Å². The molecule has 0 atom stereocenters. The van der Waals surface area contributed by atoms with Crippen LogP contribution >= 0.6 is 0 Å². The summed E-state index contributed by atoms with van der Waals surface area (Å²) in [7, 11) is 0. The number of rotatable bonds is 0. The van der Waals surface area contributed by atoms with Crippen LogP contribution in [0.25, 0.3) is 65.7 Å². The van der Waals surface area contributed by atoms with Crippen molar-refractivity contribution in [2.24, 2.45) is 0 Å². The summed E-state index contributed by atoms with van der Waals surface area (Å²) in [5, 5.41) is 4.44. The van der Waals surface area contributed by atoms with Gasteiger partial charge in [0.15, 0.2) is 0 Å². The Morgan fingerprint density at radius 3 is 1.41 bits per heavy atom. The molecule has 4 heterocycles. The summed E-state index contributed by atoms with van der Waals surface area (Å²) in [5.41, 5.74) is 6.27. The van der Waals surface area contributed by atoms with Crippen LogP contribution in [0.5, 0.6) is 0 Å². The van der Waals surface area contributed by atoms with E-state index in [9.17, 15) is 9.59 Å². The Bertz CT molecular complexity index is 2130. The number of aryl methyl sites for hydroxylation is 2. The zero-order chi connectivity index (χ0) is 22.9. The molecule has 0 amide bonds. The Labute approximate surface area is 191 Å². The number of hydrogen-bond acceptors (Lipinski definition) is 4. The second-order valence-corrected chi connectivity index (χ2v) is 9.21. The van der Waals surface area contributed by atoms with Crippen molar-refractivity contribution >= 4 is 65.7 Å². The molecular weight excluding hydrogens is 424 g/mol. The van der Waals surface area contributed by atoms with E-state index in [1.807, 2.05) is 74.5 Å². The maximum absolute atomic E-state index is 13.7. The van der Waals surface area contributed by atoms with E-state index in [1.165, 1.54) is 0 Å². The summed E-state index contributed by atoms with van der Waals surface area (Å²) < 4.78 is 3.40. The number of benzene rings is 4. The van der Waals surface area contributed by atoms with Crippen molar-refractivity contribution in [3.63, 3.8) is 0 Å². The Balaban J connectivity index is 1.69. The minimum absolute atomic E-state index is 0.124. The SMILES string of the molecule is Cc1ccc2nc3c4ccc5c(=O)n6c7cc(C)ccc7nc6c6ccc(c(=O)n3c2c1)c4c56. The van der Waals surface area contributed by atoms with Crippen molar-refractivity contribution in [1.82, 2.24) is 18.8 Å². The molecule has 0 spiro atoms. The lowest BCUT2D eigenvalue weighted by Crippen LogP contribution is -2.16. The molecule has 0 aliphatic rings. The van der Waals surface area contributed by atoms with E-state index >= 15 is 0 Å². The van der Waals surface area contributed by atoms with E-state index < -0.39 is 0 Å². The zero-order valence-electron chi connectivity index (χ0n) is 18.4. The van der Waals surface area contributed by atoms with Gasteiger partial charge in [0.2, 0.25) is 0 Å². The number of pyridine rings is 2. The van der Waals surface area contributed by atoms with Gasteiger partial charge >= 0.3 is 0 Å². The molecule has 34 heavy (non-hydrogen) atoms. The first kappa shape index (κ1) is 17.9. The molecular formula is C28H16N4O2. The normalized spacial score (nSPS) is 12.6. The van der Waals surface area contributed by atoms with E-state index in [0.29, 0.717) is 22.1 Å². The van der Waals surface area contributed by atoms with Crippen LogP contribution in [0.3, 0.4) is 0 Å². The fourth-order valence-corrected chi connectivity index (χ4v) is 5.61. The number of aromatic nitrogens is 4. The summed E-state index contributed by atoms with van der Waals surface area (Å²) in [4.78, 5) is 37.1. The van der Waals surface area contributed by atoms with Crippen LogP contribution in [0.15, 0.2) is 70.3 Å². The molecule has 4 aromatic carbocycles. The van der Waals surface area contributed by atoms with Gasteiger partial charge in [-0.3, -0.25) is 18.4 Å². The molecule has 6 nitrogen and oxygen atoms in total. The summed E-state index contributed by atoms with van der Waals surface area (Å²) in [6, 6.07) is 19.5. The van der Waals surface area contributed by atoms with Crippen molar-refractivity contribution < 1.29 is 0 Å². The lowest BCUT2D eigenvalue weighted by atomic mass is 9.96. The van der Waals surface area contributed by atoms with Crippen molar-refractivity contribution in [1.29, 1.82) is 0 Å². The van der Waals surface area contributed by atoms with Gasteiger partial charge in [0.25, 0.3) is 11.1 Å². The minimum Gasteiger partial charge on any atom is -0.268 e. The lowest BCUT2D eigenvalue weighted by molar-refractivity contribution is 1.18. The standard InChI is InChI=1S/C28H16N4O2/c1-13-3-9-19-21(11-13)31-25(29-19)15-5-8-18-24-16(6-7-17(23(15)24)27(31)33)26-30-20-10-4-14(2)12-22(20)32(26)28(18)34/h3-12H,1-2H3. The third-order valence-corrected chi connectivity index (χ3v) is 7.13. The summed E-state index contributed by atoms with van der Waals surface area (Å²) in [6.07, 6.45) is 0. The first-order chi connectivity index (χ1) is 16.5. The molecule has 0 radical (unpaired) electrons. The molecule has 0 unspecified atom stereocenters. The second-order valence-electron chi connectivity index (χ2n) is 9.21. The van der Waals surface area contributed by atoms with Gasteiger partial charge in [-0.05, 0) is 73.5 Å². The second kappa shape index (κ2) is 5.66. The largest absolute Gasteiger partial charge is 0.268 e. The van der Waals surface area contributed by atoms with Crippen LogP contribution in [0, 0.1) is 13.8 Å². The third-order valence-electron chi connectivity index (χ3n) is 7.13. The maximum Gasteiger partial charge on any atom is 0.264 e. The van der Waals surface area contributed by atoms with Crippen molar-refractivity contribution in [3.05, 3.63) is 92.5 Å². The third kappa shape index (κ3) is 1.94. The van der Waals surface area contributed by atoms with Crippen molar-refractivity contribution in [2.75, 3.05) is 0 Å². The Morgan fingerprint density at radius 1 is 0.559 bits per heavy atom. The molecule has 8 rings (SSSR count). The van der Waals surface area contributed by atoms with Gasteiger partial charge in [0.1, 0.15) is 11.3 Å². The molecule has 0 saturated heterocycles. The van der Waals surface area contributed by atoms with Crippen LogP contribution in [-0.4, -0.2) is 18.8 Å². The first-order valence-electron chi connectivity index (χ1n) is 11.2. The number of fused-ring (bicyclic) bond motifs is 8. The molecule has 0 aliphatic carbocycles. The predicted octanol–water partition coefficient (Wildman–Crippen LogP) is 4.96. The number of imidazole rings is 2. The molecule has 6 heteroatoms. The Kier molecular flexibility index (Phi) is 2.98. The van der Waals surface area contributed by atoms with Crippen LogP contribution < -0.4 is 11.1 Å². The number of hydrogen-bond donors (Lipinski definition) is 0. The van der Waals surface area contributed by atoms with Gasteiger partial charge in [-0.2, -0.15) is 0 Å². The molecule has 0 saturated carbocycles. The summed E-state index contributed by atoms with van der Waals surface area (Å²) in [5.74, 6) is 0. The van der Waals surface area contributed by atoms with Gasteiger partial charge in [-0.25, -0.2) is 9.97 Å². The van der Waals surface area contributed by atoms with E-state index in [0.717, 1.165) is 54.7 Å².